The molecule has 3 rings (SSSR count). The summed E-state index contributed by atoms with van der Waals surface area (Å²) in [5, 5.41) is 6.79. The number of carbonyl (C=O) groups excluding carboxylic acids is 1. The van der Waals surface area contributed by atoms with Crippen LogP contribution in [-0.4, -0.2) is 12.5 Å². The molecule has 0 radical (unpaired) electrons. The average Bonchev–Trinajstić information content (AvgIpc) is 3.34. The van der Waals surface area contributed by atoms with Gasteiger partial charge in [0.25, 0.3) is 5.01 Å². The van der Waals surface area contributed by atoms with Crippen LogP contribution in [0.3, 0.4) is 0 Å². The molecule has 1 aromatic heterocycles. The molecule has 0 fully saturated rings. The highest BCUT2D eigenvalue weighted by atomic mass is 35.5. The van der Waals surface area contributed by atoms with Crippen molar-refractivity contribution >= 4 is 34.5 Å². The van der Waals surface area contributed by atoms with Crippen molar-refractivity contribution in [2.75, 3.05) is 11.9 Å². The zero-order valence-electron chi connectivity index (χ0n) is 23.1. The molecule has 0 atom stereocenters. The molecule has 0 aliphatic carbocycles. The second kappa shape index (κ2) is 17.3. The van der Waals surface area contributed by atoms with E-state index in [1.54, 1.807) is 11.3 Å². The number of carbonyl (C=O) groups is 1. The quantitative estimate of drug-likeness (QED) is 0.125. The van der Waals surface area contributed by atoms with Gasteiger partial charge in [-0.3, -0.25) is 4.79 Å². The summed E-state index contributed by atoms with van der Waals surface area (Å²) < 4.78 is 8.16. The molecule has 0 saturated carbocycles. The second-order valence-electron chi connectivity index (χ2n) is 10.1. The number of benzene rings is 2. The number of amides is 1. The number of hydrogen-bond acceptors (Lipinski definition) is 3. The summed E-state index contributed by atoms with van der Waals surface area (Å²) in [6, 6.07) is 13.6. The van der Waals surface area contributed by atoms with E-state index in [-0.39, 0.29) is 12.3 Å². The Morgan fingerprint density at radius 2 is 1.58 bits per heavy atom. The molecule has 4 nitrogen and oxygen atoms in total. The van der Waals surface area contributed by atoms with Gasteiger partial charge in [0.1, 0.15) is 12.8 Å². The SMILES string of the molecule is CCCCCCCCCCCCCCOc1c(Cl)cccc1CC(=O)Nc1cccc(-c2scc[n+]2C)c1. The van der Waals surface area contributed by atoms with Gasteiger partial charge in [-0.2, -0.15) is 4.57 Å². The van der Waals surface area contributed by atoms with Crippen LogP contribution in [0.5, 0.6) is 5.75 Å². The molecule has 0 spiro atoms. The molecule has 0 aliphatic heterocycles. The first-order chi connectivity index (χ1) is 18.6. The van der Waals surface area contributed by atoms with E-state index in [0.717, 1.165) is 34.7 Å². The highest BCUT2D eigenvalue weighted by Crippen LogP contribution is 2.30. The van der Waals surface area contributed by atoms with Crippen LogP contribution in [0.15, 0.2) is 54.0 Å². The number of nitrogens with one attached hydrogen (secondary N) is 1. The van der Waals surface area contributed by atoms with Gasteiger partial charge in [-0.15, -0.1) is 0 Å². The van der Waals surface area contributed by atoms with Crippen molar-refractivity contribution in [1.29, 1.82) is 0 Å². The Balaban J connectivity index is 1.38. The Hall–Kier alpha value is -2.37. The standard InChI is InChI=1S/C32H43ClN2O2S/c1-3-4-5-6-7-8-9-10-11-12-13-14-22-37-31-26(17-16-20-29(31)33)25-30(36)34-28-19-15-18-27(24-28)32-35(2)21-23-38-32/h15-21,23-24H,3-14,22,25H2,1-2H3/p+1. The topological polar surface area (TPSA) is 42.2 Å². The van der Waals surface area contributed by atoms with Crippen LogP contribution in [0.25, 0.3) is 10.6 Å². The van der Waals surface area contributed by atoms with E-state index < -0.39 is 0 Å². The lowest BCUT2D eigenvalue weighted by atomic mass is 10.1. The highest BCUT2D eigenvalue weighted by molar-refractivity contribution is 7.12. The Morgan fingerprint density at radius 3 is 2.24 bits per heavy atom. The monoisotopic (exact) mass is 555 g/mol. The smallest absolute Gasteiger partial charge is 0.268 e. The van der Waals surface area contributed by atoms with Gasteiger partial charge >= 0.3 is 0 Å². The normalized spacial score (nSPS) is 11.0. The van der Waals surface area contributed by atoms with Crippen LogP contribution in [-0.2, 0) is 18.3 Å². The van der Waals surface area contributed by atoms with Gasteiger partial charge in [0.05, 0.1) is 29.0 Å². The number of thiazole rings is 1. The first-order valence-electron chi connectivity index (χ1n) is 14.3. The minimum Gasteiger partial charge on any atom is -0.492 e. The number of unbranched alkanes of at least 4 members (excludes halogenated alkanes) is 11. The molecule has 3 aromatic rings. The molecule has 0 aliphatic rings. The third-order valence-electron chi connectivity index (χ3n) is 6.82. The number of ether oxygens (including phenoxy) is 1. The van der Waals surface area contributed by atoms with Crippen molar-refractivity contribution in [3.8, 4) is 16.3 Å². The van der Waals surface area contributed by atoms with Gasteiger partial charge in [-0.1, -0.05) is 119 Å². The number of aryl methyl sites for hydroxylation is 1. The predicted octanol–water partition coefficient (Wildman–Crippen LogP) is 9.15. The molecule has 6 heteroatoms. The van der Waals surface area contributed by atoms with Gasteiger partial charge in [0, 0.05) is 11.3 Å². The number of rotatable bonds is 18. The summed E-state index contributed by atoms with van der Waals surface area (Å²) in [7, 11) is 2.02. The van der Waals surface area contributed by atoms with E-state index in [0.29, 0.717) is 17.4 Å². The van der Waals surface area contributed by atoms with Gasteiger partial charge in [-0.05, 0) is 30.7 Å². The maximum Gasteiger partial charge on any atom is 0.268 e. The van der Waals surface area contributed by atoms with E-state index in [1.807, 2.05) is 49.6 Å². The van der Waals surface area contributed by atoms with Crippen molar-refractivity contribution in [2.24, 2.45) is 7.05 Å². The van der Waals surface area contributed by atoms with E-state index in [4.69, 9.17) is 16.3 Å². The van der Waals surface area contributed by atoms with Gasteiger partial charge in [0.15, 0.2) is 6.20 Å². The zero-order chi connectivity index (χ0) is 27.0. The minimum absolute atomic E-state index is 0.0878. The zero-order valence-corrected chi connectivity index (χ0v) is 24.7. The summed E-state index contributed by atoms with van der Waals surface area (Å²) in [5.74, 6) is 0.543. The lowest BCUT2D eigenvalue weighted by Crippen LogP contribution is -2.26. The van der Waals surface area contributed by atoms with Crippen molar-refractivity contribution in [2.45, 2.75) is 90.4 Å². The third-order valence-corrected chi connectivity index (χ3v) is 8.12. The van der Waals surface area contributed by atoms with Gasteiger partial charge < -0.3 is 10.1 Å². The fraction of sp³-hybridized carbons (Fsp3) is 0.500. The lowest BCUT2D eigenvalue weighted by molar-refractivity contribution is -0.655. The lowest BCUT2D eigenvalue weighted by Gasteiger charge is -2.13. The maximum atomic E-state index is 12.9. The Labute approximate surface area is 238 Å². The Kier molecular flexibility index (Phi) is 13.7. The van der Waals surface area contributed by atoms with Crippen LogP contribution in [0.2, 0.25) is 5.02 Å². The predicted molar refractivity (Wildman–Crippen MR) is 161 cm³/mol. The number of halogens is 1. The van der Waals surface area contributed by atoms with Crippen LogP contribution in [0, 0.1) is 0 Å². The summed E-state index contributed by atoms with van der Waals surface area (Å²) in [6.45, 7) is 2.89. The summed E-state index contributed by atoms with van der Waals surface area (Å²) in [4.78, 5) is 12.9. The summed E-state index contributed by atoms with van der Waals surface area (Å²) in [6.07, 6.45) is 18.0. The fourth-order valence-electron chi connectivity index (χ4n) is 4.69. The highest BCUT2D eigenvalue weighted by Gasteiger charge is 2.15. The van der Waals surface area contributed by atoms with E-state index >= 15 is 0 Å². The second-order valence-corrected chi connectivity index (χ2v) is 11.4. The van der Waals surface area contributed by atoms with Crippen LogP contribution < -0.4 is 14.6 Å². The van der Waals surface area contributed by atoms with Crippen molar-refractivity contribution in [3.05, 3.63) is 64.6 Å². The maximum absolute atomic E-state index is 12.9. The fourth-order valence-corrected chi connectivity index (χ4v) is 5.80. The van der Waals surface area contributed by atoms with Crippen LogP contribution in [0.4, 0.5) is 5.69 Å². The molecule has 1 amide bonds. The minimum atomic E-state index is -0.0878. The van der Waals surface area contributed by atoms with Crippen molar-refractivity contribution < 1.29 is 14.1 Å². The van der Waals surface area contributed by atoms with Crippen LogP contribution in [0.1, 0.15) is 89.5 Å². The van der Waals surface area contributed by atoms with E-state index in [2.05, 4.69) is 28.3 Å². The van der Waals surface area contributed by atoms with Gasteiger partial charge in [0.2, 0.25) is 5.91 Å². The molecule has 206 valence electrons. The number of aromatic nitrogens is 1. The van der Waals surface area contributed by atoms with Gasteiger partial charge in [-0.25, -0.2) is 0 Å². The van der Waals surface area contributed by atoms with E-state index in [9.17, 15) is 4.79 Å². The molecule has 0 saturated heterocycles. The molecule has 1 N–H and O–H groups in total. The summed E-state index contributed by atoms with van der Waals surface area (Å²) in [5.41, 5.74) is 2.67. The largest absolute Gasteiger partial charge is 0.492 e. The molecular weight excluding hydrogens is 512 g/mol. The number of para-hydroxylation sites is 1. The van der Waals surface area contributed by atoms with Crippen molar-refractivity contribution in [1.82, 2.24) is 0 Å². The molecule has 1 heterocycles. The van der Waals surface area contributed by atoms with E-state index in [1.165, 1.54) is 64.2 Å². The Bertz CT molecular complexity index is 1110. The molecule has 0 bridgehead atoms. The summed E-state index contributed by atoms with van der Waals surface area (Å²) >= 11 is 8.13. The average molecular weight is 556 g/mol. The number of nitrogens with zero attached hydrogens (tertiary/aromatic N) is 1. The number of hydrogen-bond donors (Lipinski definition) is 1. The number of anilines is 1. The third kappa shape index (κ3) is 10.4. The molecule has 38 heavy (non-hydrogen) atoms. The first kappa shape index (κ1) is 30.2. The Morgan fingerprint density at radius 1 is 0.921 bits per heavy atom. The van der Waals surface area contributed by atoms with Crippen molar-refractivity contribution in [3.63, 3.8) is 0 Å². The molecule has 2 aromatic carbocycles. The van der Waals surface area contributed by atoms with Crippen LogP contribution >= 0.6 is 22.9 Å². The molecular formula is C32H44ClN2O2S+. The first-order valence-corrected chi connectivity index (χ1v) is 15.6. The molecule has 0 unspecified atom stereocenters.